The fraction of sp³-hybridized carbons (Fsp3) is 0.640. The Labute approximate surface area is 207 Å². The minimum Gasteiger partial charge on any atom is -0.494 e. The largest absolute Gasteiger partial charge is 0.494 e. The van der Waals surface area contributed by atoms with E-state index >= 15 is 0 Å². The van der Waals surface area contributed by atoms with E-state index in [1.807, 2.05) is 24.3 Å². The van der Waals surface area contributed by atoms with Gasteiger partial charge in [-0.1, -0.05) is 19.8 Å². The summed E-state index contributed by atoms with van der Waals surface area (Å²) in [6.07, 6.45) is 2.60. The summed E-state index contributed by atoms with van der Waals surface area (Å²) in [7, 11) is 0. The van der Waals surface area contributed by atoms with Crippen molar-refractivity contribution < 1.29 is 23.8 Å². The number of amides is 1. The Balaban J connectivity index is 2.06. The maximum atomic E-state index is 12.4. The maximum Gasteiger partial charge on any atom is 0.407 e. The zero-order chi connectivity index (χ0) is 26.1. The molecule has 0 bridgehead atoms. The lowest BCUT2D eigenvalue weighted by atomic mass is 10.1. The second kappa shape index (κ2) is 12.5. The van der Waals surface area contributed by atoms with E-state index in [-0.39, 0.29) is 13.0 Å². The SMILES string of the molecule is CCCCCOc1ccc(-c2nnn(CC(CC(=O)OC(C)(C)C)NC(=O)OC(C)(C)C)n2)cc1. The van der Waals surface area contributed by atoms with Crippen molar-refractivity contribution in [3.8, 4) is 17.1 Å². The summed E-state index contributed by atoms with van der Waals surface area (Å²) in [4.78, 5) is 26.1. The highest BCUT2D eigenvalue weighted by atomic mass is 16.6. The Kier molecular flexibility index (Phi) is 10.0. The van der Waals surface area contributed by atoms with Crippen LogP contribution < -0.4 is 10.1 Å². The lowest BCUT2D eigenvalue weighted by molar-refractivity contribution is -0.155. The number of nitrogens with zero attached hydrogens (tertiary/aromatic N) is 4. The molecule has 1 aromatic heterocycles. The number of unbranched alkanes of at least 4 members (excludes halogenated alkanes) is 2. The molecule has 194 valence electrons. The van der Waals surface area contributed by atoms with Crippen molar-refractivity contribution in [1.29, 1.82) is 0 Å². The molecule has 0 radical (unpaired) electrons. The van der Waals surface area contributed by atoms with Crippen molar-refractivity contribution in [1.82, 2.24) is 25.5 Å². The molecule has 1 atom stereocenters. The first-order valence-electron chi connectivity index (χ1n) is 12.1. The van der Waals surface area contributed by atoms with E-state index in [9.17, 15) is 9.59 Å². The summed E-state index contributed by atoms with van der Waals surface area (Å²) in [5, 5.41) is 15.3. The highest BCUT2D eigenvalue weighted by Crippen LogP contribution is 2.19. The van der Waals surface area contributed by atoms with Crippen LogP contribution in [-0.4, -0.2) is 56.1 Å². The average molecular weight is 490 g/mol. The summed E-state index contributed by atoms with van der Waals surface area (Å²) in [6.45, 7) is 13.6. The first kappa shape index (κ1) is 28.1. The summed E-state index contributed by atoms with van der Waals surface area (Å²) in [5.41, 5.74) is -0.538. The number of hydrogen-bond donors (Lipinski definition) is 1. The van der Waals surface area contributed by atoms with Crippen LogP contribution in [-0.2, 0) is 20.8 Å². The molecule has 0 aliphatic heterocycles. The van der Waals surface area contributed by atoms with E-state index in [4.69, 9.17) is 14.2 Å². The molecule has 10 nitrogen and oxygen atoms in total. The summed E-state index contributed by atoms with van der Waals surface area (Å²) in [5.74, 6) is 0.764. The molecule has 0 fully saturated rings. The number of carbonyl (C=O) groups is 2. The van der Waals surface area contributed by atoms with Gasteiger partial charge in [0.15, 0.2) is 0 Å². The van der Waals surface area contributed by atoms with Crippen molar-refractivity contribution in [2.24, 2.45) is 0 Å². The second-order valence-corrected chi connectivity index (χ2v) is 10.4. The molecule has 0 saturated carbocycles. The number of alkyl carbamates (subject to hydrolysis) is 1. The predicted molar refractivity (Wildman–Crippen MR) is 132 cm³/mol. The minimum absolute atomic E-state index is 0.0720. The third kappa shape index (κ3) is 11.2. The molecule has 1 unspecified atom stereocenters. The molecule has 2 aromatic rings. The highest BCUT2D eigenvalue weighted by molar-refractivity contribution is 5.73. The molecule has 1 N–H and O–H groups in total. The molecule has 0 aliphatic carbocycles. The molecule has 0 spiro atoms. The first-order chi connectivity index (χ1) is 16.3. The van der Waals surface area contributed by atoms with Gasteiger partial charge in [0, 0.05) is 5.56 Å². The second-order valence-electron chi connectivity index (χ2n) is 10.4. The first-order valence-corrected chi connectivity index (χ1v) is 12.1. The van der Waals surface area contributed by atoms with E-state index in [0.29, 0.717) is 12.4 Å². The molecular formula is C25H39N5O5. The van der Waals surface area contributed by atoms with Crippen LogP contribution in [0, 0.1) is 0 Å². The third-order valence-corrected chi connectivity index (χ3v) is 4.52. The van der Waals surface area contributed by atoms with Gasteiger partial charge >= 0.3 is 12.1 Å². The van der Waals surface area contributed by atoms with Gasteiger partial charge in [-0.15, -0.1) is 10.2 Å². The Morgan fingerprint density at radius 1 is 1.00 bits per heavy atom. The van der Waals surface area contributed by atoms with Crippen molar-refractivity contribution in [3.05, 3.63) is 24.3 Å². The van der Waals surface area contributed by atoms with Crippen molar-refractivity contribution >= 4 is 12.1 Å². The predicted octanol–water partition coefficient (Wildman–Crippen LogP) is 4.53. The number of carbonyl (C=O) groups excluding carboxylic acids is 2. The van der Waals surface area contributed by atoms with Crippen LogP contribution in [0.25, 0.3) is 11.4 Å². The Hall–Kier alpha value is -3.17. The van der Waals surface area contributed by atoms with Crippen molar-refractivity contribution in [2.75, 3.05) is 6.61 Å². The lowest BCUT2D eigenvalue weighted by Crippen LogP contribution is -2.43. The molecule has 1 aromatic carbocycles. The Morgan fingerprint density at radius 3 is 2.26 bits per heavy atom. The number of rotatable bonds is 11. The van der Waals surface area contributed by atoms with Gasteiger partial charge in [0.25, 0.3) is 0 Å². The number of ether oxygens (including phenoxy) is 3. The molecule has 10 heteroatoms. The quantitative estimate of drug-likeness (QED) is 0.361. The smallest absolute Gasteiger partial charge is 0.407 e. The van der Waals surface area contributed by atoms with Gasteiger partial charge in [-0.2, -0.15) is 4.80 Å². The fourth-order valence-electron chi connectivity index (χ4n) is 3.10. The van der Waals surface area contributed by atoms with Crippen LogP contribution in [0.2, 0.25) is 0 Å². The van der Waals surface area contributed by atoms with Crippen LogP contribution in [0.4, 0.5) is 4.79 Å². The van der Waals surface area contributed by atoms with Gasteiger partial charge in [-0.25, -0.2) is 4.79 Å². The van der Waals surface area contributed by atoms with E-state index < -0.39 is 29.3 Å². The Bertz CT molecular complexity index is 914. The lowest BCUT2D eigenvalue weighted by Gasteiger charge is -2.24. The average Bonchev–Trinajstić information content (AvgIpc) is 3.17. The van der Waals surface area contributed by atoms with Gasteiger partial charge in [0.05, 0.1) is 25.6 Å². The van der Waals surface area contributed by atoms with E-state index in [2.05, 4.69) is 27.7 Å². The van der Waals surface area contributed by atoms with Crippen LogP contribution >= 0.6 is 0 Å². The van der Waals surface area contributed by atoms with E-state index in [1.165, 1.54) is 4.80 Å². The zero-order valence-electron chi connectivity index (χ0n) is 22.0. The summed E-state index contributed by atoms with van der Waals surface area (Å²) >= 11 is 0. The normalized spacial score (nSPS) is 12.7. The van der Waals surface area contributed by atoms with Gasteiger partial charge in [-0.3, -0.25) is 4.79 Å². The van der Waals surface area contributed by atoms with Crippen molar-refractivity contribution in [2.45, 2.75) is 97.9 Å². The van der Waals surface area contributed by atoms with Crippen LogP contribution in [0.5, 0.6) is 5.75 Å². The van der Waals surface area contributed by atoms with Gasteiger partial charge < -0.3 is 19.5 Å². The number of nitrogens with one attached hydrogen (secondary N) is 1. The topological polar surface area (TPSA) is 117 Å². The number of benzene rings is 1. The molecule has 1 heterocycles. The maximum absolute atomic E-state index is 12.4. The van der Waals surface area contributed by atoms with Gasteiger partial charge in [0.2, 0.25) is 5.82 Å². The van der Waals surface area contributed by atoms with Crippen LogP contribution in [0.3, 0.4) is 0 Å². The summed E-state index contributed by atoms with van der Waals surface area (Å²) in [6, 6.07) is 6.83. The molecule has 35 heavy (non-hydrogen) atoms. The monoisotopic (exact) mass is 489 g/mol. The van der Waals surface area contributed by atoms with Crippen LogP contribution in [0.1, 0.15) is 74.1 Å². The molecule has 0 aliphatic rings. The zero-order valence-corrected chi connectivity index (χ0v) is 22.0. The third-order valence-electron chi connectivity index (χ3n) is 4.52. The Morgan fingerprint density at radius 2 is 1.66 bits per heavy atom. The number of hydrogen-bond acceptors (Lipinski definition) is 8. The highest BCUT2D eigenvalue weighted by Gasteiger charge is 2.25. The van der Waals surface area contributed by atoms with Crippen LogP contribution in [0.15, 0.2) is 24.3 Å². The number of tetrazole rings is 1. The number of esters is 1. The van der Waals surface area contributed by atoms with Gasteiger partial charge in [-0.05, 0) is 77.4 Å². The molecular weight excluding hydrogens is 450 g/mol. The standard InChI is InChI=1S/C25H39N5O5/c1-8-9-10-15-33-20-13-11-18(12-14-20)22-27-29-30(28-22)17-19(16-21(31)34-24(2,3)4)26-23(32)35-25(5,6)7/h11-14,19H,8-10,15-17H2,1-7H3,(H,26,32). The minimum atomic E-state index is -0.675. The molecule has 2 rings (SSSR count). The fourth-order valence-corrected chi connectivity index (χ4v) is 3.10. The number of aromatic nitrogens is 4. The van der Waals surface area contributed by atoms with Crippen molar-refractivity contribution in [3.63, 3.8) is 0 Å². The van der Waals surface area contributed by atoms with E-state index in [1.54, 1.807) is 41.5 Å². The van der Waals surface area contributed by atoms with Gasteiger partial charge in [0.1, 0.15) is 17.0 Å². The summed E-state index contributed by atoms with van der Waals surface area (Å²) < 4.78 is 16.5. The van der Waals surface area contributed by atoms with E-state index in [0.717, 1.165) is 30.6 Å². The molecule has 0 saturated heterocycles. The molecule has 1 amide bonds.